The van der Waals surface area contributed by atoms with E-state index in [1.807, 2.05) is 40.3 Å². The molecule has 0 spiro atoms. The Hall–Kier alpha value is -2.21. The Labute approximate surface area is 144 Å². The van der Waals surface area contributed by atoms with Gasteiger partial charge in [0.15, 0.2) is 0 Å². The van der Waals surface area contributed by atoms with Gasteiger partial charge in [0, 0.05) is 19.2 Å². The fraction of sp³-hybridized carbons (Fsp3) is 0.389. The van der Waals surface area contributed by atoms with Gasteiger partial charge in [-0.05, 0) is 48.9 Å². The van der Waals surface area contributed by atoms with Gasteiger partial charge in [-0.25, -0.2) is 0 Å². The van der Waals surface area contributed by atoms with Crippen LogP contribution >= 0.6 is 11.3 Å². The lowest BCUT2D eigenvalue weighted by molar-refractivity contribution is -0.120. The number of nitrogens with zero attached hydrogens (tertiary/aromatic N) is 3. The molecule has 4 rings (SSSR count). The second kappa shape index (κ2) is 6.02. The Kier molecular flexibility index (Phi) is 3.84. The molecule has 2 aliphatic rings. The lowest BCUT2D eigenvalue weighted by Gasteiger charge is -2.39. The van der Waals surface area contributed by atoms with E-state index in [0.717, 1.165) is 29.0 Å². The summed E-state index contributed by atoms with van der Waals surface area (Å²) in [7, 11) is 0. The number of hydrogen-bond donors (Lipinski definition) is 0. The molecule has 24 heavy (non-hydrogen) atoms. The molecule has 0 aromatic carbocycles. The van der Waals surface area contributed by atoms with Gasteiger partial charge in [0.25, 0.3) is 5.91 Å². The van der Waals surface area contributed by atoms with E-state index in [1.165, 1.54) is 11.3 Å². The maximum absolute atomic E-state index is 12.9. The Morgan fingerprint density at radius 2 is 2.17 bits per heavy atom. The topological polar surface area (TPSA) is 53.5 Å². The van der Waals surface area contributed by atoms with E-state index in [-0.39, 0.29) is 23.9 Å². The molecule has 2 aliphatic heterocycles. The predicted octanol–water partition coefficient (Wildman–Crippen LogP) is 2.86. The third-order valence-electron chi connectivity index (χ3n) is 5.01. The molecule has 0 radical (unpaired) electrons. The summed E-state index contributed by atoms with van der Waals surface area (Å²) in [4.78, 5) is 34.2. The van der Waals surface area contributed by atoms with E-state index in [2.05, 4.69) is 4.98 Å². The Morgan fingerprint density at radius 3 is 2.88 bits per heavy atom. The van der Waals surface area contributed by atoms with Crippen LogP contribution in [0.3, 0.4) is 0 Å². The fourth-order valence-electron chi connectivity index (χ4n) is 3.87. The van der Waals surface area contributed by atoms with Crippen LogP contribution < -0.4 is 4.90 Å². The highest BCUT2D eigenvalue weighted by atomic mass is 32.1. The molecule has 0 bridgehead atoms. The summed E-state index contributed by atoms with van der Waals surface area (Å²) in [6.07, 6.45) is 5.48. The van der Waals surface area contributed by atoms with Gasteiger partial charge in [0.2, 0.25) is 5.91 Å². The average molecular weight is 341 g/mol. The second-order valence-electron chi connectivity index (χ2n) is 6.37. The number of hydrogen-bond acceptors (Lipinski definition) is 4. The van der Waals surface area contributed by atoms with Gasteiger partial charge < -0.3 is 9.80 Å². The number of rotatable bonds is 2. The maximum atomic E-state index is 12.9. The van der Waals surface area contributed by atoms with Crippen LogP contribution in [0.5, 0.6) is 0 Å². The fourth-order valence-corrected chi connectivity index (χ4v) is 4.75. The van der Waals surface area contributed by atoms with Crippen molar-refractivity contribution in [3.05, 3.63) is 46.4 Å². The summed E-state index contributed by atoms with van der Waals surface area (Å²) in [5, 5.41) is 1.96. The monoisotopic (exact) mass is 341 g/mol. The van der Waals surface area contributed by atoms with Crippen LogP contribution in [0.2, 0.25) is 0 Å². The summed E-state index contributed by atoms with van der Waals surface area (Å²) >= 11 is 1.50. The molecule has 6 heteroatoms. The summed E-state index contributed by atoms with van der Waals surface area (Å²) < 4.78 is 0. The van der Waals surface area contributed by atoms with Crippen molar-refractivity contribution < 1.29 is 9.59 Å². The highest BCUT2D eigenvalue weighted by molar-refractivity contribution is 7.12. The molecule has 2 aromatic heterocycles. The van der Waals surface area contributed by atoms with Gasteiger partial charge in [0.05, 0.1) is 28.8 Å². The molecular weight excluding hydrogens is 322 g/mol. The molecule has 0 saturated carbocycles. The Morgan fingerprint density at radius 1 is 1.29 bits per heavy atom. The number of piperidine rings is 1. The van der Waals surface area contributed by atoms with Crippen LogP contribution in [0.4, 0.5) is 5.69 Å². The minimum atomic E-state index is 0.0552. The van der Waals surface area contributed by atoms with Crippen LogP contribution in [0.15, 0.2) is 36.0 Å². The number of pyridine rings is 1. The number of thiophene rings is 1. The molecule has 4 heterocycles. The number of amides is 2. The Balaban J connectivity index is 1.62. The molecule has 0 unspecified atom stereocenters. The SMILES string of the molecule is Cc1ccsc1C(=O)N1CC[C@@H]2[C@H]1CCC(=O)N2c1cccnc1. The third kappa shape index (κ3) is 2.41. The van der Waals surface area contributed by atoms with Crippen molar-refractivity contribution in [2.75, 3.05) is 11.4 Å². The number of carbonyl (C=O) groups excluding carboxylic acids is 2. The summed E-state index contributed by atoms with van der Waals surface area (Å²) in [6.45, 7) is 2.68. The first-order valence-corrected chi connectivity index (χ1v) is 9.12. The first-order valence-electron chi connectivity index (χ1n) is 8.24. The number of aromatic nitrogens is 1. The van der Waals surface area contributed by atoms with Crippen LogP contribution in [0.25, 0.3) is 0 Å². The number of fused-ring (bicyclic) bond motifs is 1. The van der Waals surface area contributed by atoms with Gasteiger partial charge in [-0.3, -0.25) is 14.6 Å². The van der Waals surface area contributed by atoms with Crippen molar-refractivity contribution in [3.8, 4) is 0 Å². The average Bonchev–Trinajstić information content (AvgIpc) is 3.21. The Bertz CT molecular complexity index is 774. The molecule has 2 aromatic rings. The highest BCUT2D eigenvalue weighted by Crippen LogP contribution is 2.36. The van der Waals surface area contributed by atoms with Crippen LogP contribution in [-0.2, 0) is 4.79 Å². The van der Waals surface area contributed by atoms with Crippen molar-refractivity contribution in [3.63, 3.8) is 0 Å². The zero-order valence-electron chi connectivity index (χ0n) is 13.5. The van der Waals surface area contributed by atoms with E-state index in [9.17, 15) is 9.59 Å². The van der Waals surface area contributed by atoms with Crippen molar-refractivity contribution in [2.24, 2.45) is 0 Å². The predicted molar refractivity (Wildman–Crippen MR) is 93.2 cm³/mol. The summed E-state index contributed by atoms with van der Waals surface area (Å²) in [5.41, 5.74) is 1.86. The van der Waals surface area contributed by atoms with E-state index >= 15 is 0 Å². The zero-order chi connectivity index (χ0) is 16.7. The summed E-state index contributed by atoms with van der Waals surface area (Å²) in [5.74, 6) is 0.237. The van der Waals surface area contributed by atoms with Gasteiger partial charge in [-0.15, -0.1) is 11.3 Å². The van der Waals surface area contributed by atoms with Gasteiger partial charge in [0.1, 0.15) is 0 Å². The second-order valence-corrected chi connectivity index (χ2v) is 7.28. The number of likely N-dealkylation sites (tertiary alicyclic amines) is 1. The number of aryl methyl sites for hydroxylation is 1. The lowest BCUT2D eigenvalue weighted by atomic mass is 9.95. The minimum absolute atomic E-state index is 0.0552. The minimum Gasteiger partial charge on any atom is -0.333 e. The summed E-state index contributed by atoms with van der Waals surface area (Å²) in [6, 6.07) is 5.90. The molecule has 124 valence electrons. The van der Waals surface area contributed by atoms with E-state index in [0.29, 0.717) is 13.0 Å². The molecule has 2 amide bonds. The first-order chi connectivity index (χ1) is 11.7. The smallest absolute Gasteiger partial charge is 0.264 e. The standard InChI is InChI=1S/C18H19N3O2S/c1-12-7-10-24-17(12)18(23)20-9-6-15-14(20)4-5-16(22)21(15)13-3-2-8-19-11-13/h2-3,7-8,10-11,14-15H,4-6,9H2,1H3/t14-,15-/m1/s1. The van der Waals surface area contributed by atoms with E-state index in [1.54, 1.807) is 12.4 Å². The third-order valence-corrected chi connectivity index (χ3v) is 6.01. The molecule has 0 aliphatic carbocycles. The van der Waals surface area contributed by atoms with Crippen LogP contribution in [0.1, 0.15) is 34.5 Å². The zero-order valence-corrected chi connectivity index (χ0v) is 14.3. The highest BCUT2D eigenvalue weighted by Gasteiger charge is 2.45. The molecular formula is C18H19N3O2S. The van der Waals surface area contributed by atoms with Crippen molar-refractivity contribution in [1.29, 1.82) is 0 Å². The van der Waals surface area contributed by atoms with E-state index in [4.69, 9.17) is 0 Å². The molecule has 2 fully saturated rings. The van der Waals surface area contributed by atoms with Crippen molar-refractivity contribution in [2.45, 2.75) is 38.3 Å². The van der Waals surface area contributed by atoms with Crippen LogP contribution in [0, 0.1) is 6.92 Å². The molecule has 5 nitrogen and oxygen atoms in total. The number of carbonyl (C=O) groups is 2. The van der Waals surface area contributed by atoms with Gasteiger partial charge in [-0.2, -0.15) is 0 Å². The lowest BCUT2D eigenvalue weighted by Crippen LogP contribution is -2.53. The van der Waals surface area contributed by atoms with Crippen molar-refractivity contribution >= 4 is 28.8 Å². The van der Waals surface area contributed by atoms with Crippen molar-refractivity contribution in [1.82, 2.24) is 9.88 Å². The maximum Gasteiger partial charge on any atom is 0.264 e. The molecule has 2 atom stereocenters. The molecule has 0 N–H and O–H groups in total. The first kappa shape index (κ1) is 15.3. The number of anilines is 1. The molecule has 2 saturated heterocycles. The van der Waals surface area contributed by atoms with Gasteiger partial charge in [-0.1, -0.05) is 0 Å². The van der Waals surface area contributed by atoms with Gasteiger partial charge >= 0.3 is 0 Å². The largest absolute Gasteiger partial charge is 0.333 e. The normalized spacial score (nSPS) is 23.5. The quantitative estimate of drug-likeness (QED) is 0.844. The van der Waals surface area contributed by atoms with E-state index < -0.39 is 0 Å². The van der Waals surface area contributed by atoms with Crippen LogP contribution in [-0.4, -0.2) is 40.3 Å².